The third-order valence-electron chi connectivity index (χ3n) is 2.98. The number of hydrogen-bond acceptors (Lipinski definition) is 4. The van der Waals surface area contributed by atoms with Gasteiger partial charge in [-0.15, -0.1) is 0 Å². The quantitative estimate of drug-likeness (QED) is 0.402. The number of halogens is 2. The van der Waals surface area contributed by atoms with Crippen molar-refractivity contribution in [3.8, 4) is 0 Å². The van der Waals surface area contributed by atoms with Gasteiger partial charge in [-0.3, -0.25) is 9.17 Å². The molecule has 1 aromatic carbocycles. The maximum atomic E-state index is 13.7. The number of nitrogens with zero attached hydrogens (tertiary/aromatic N) is 1. The minimum atomic E-state index is -3.91. The third-order valence-corrected chi connectivity index (χ3v) is 4.94. The summed E-state index contributed by atoms with van der Waals surface area (Å²) in [6.45, 7) is 2.15. The van der Waals surface area contributed by atoms with Crippen LogP contribution < -0.4 is 0 Å². The Labute approximate surface area is 137 Å². The molecule has 1 heterocycles. The highest BCUT2D eigenvalue weighted by molar-refractivity contribution is 14.1. The molecular weight excluding hydrogens is 408 g/mol. The van der Waals surface area contributed by atoms with Crippen LogP contribution in [0.4, 0.5) is 4.39 Å². The second-order valence-electron chi connectivity index (χ2n) is 4.58. The molecule has 4 nitrogen and oxygen atoms in total. The van der Waals surface area contributed by atoms with Crippen LogP contribution in [0.25, 0.3) is 10.9 Å². The predicted molar refractivity (Wildman–Crippen MR) is 87.1 cm³/mol. The first-order chi connectivity index (χ1) is 9.95. The fraction of sp³-hybridized carbons (Fsp3) is 0.357. The molecule has 114 valence electrons. The normalized spacial score (nSPS) is 12.0. The van der Waals surface area contributed by atoms with Gasteiger partial charge in [0, 0.05) is 15.2 Å². The van der Waals surface area contributed by atoms with E-state index < -0.39 is 15.9 Å². The van der Waals surface area contributed by atoms with E-state index in [1.807, 2.05) is 29.5 Å². The highest BCUT2D eigenvalue weighted by Crippen LogP contribution is 2.26. The van der Waals surface area contributed by atoms with Crippen LogP contribution >= 0.6 is 22.6 Å². The number of fused-ring (bicyclic) bond motifs is 1. The monoisotopic (exact) mass is 423 g/mol. The van der Waals surface area contributed by atoms with Crippen LogP contribution in [0.1, 0.15) is 26.2 Å². The van der Waals surface area contributed by atoms with Crippen LogP contribution in [-0.4, -0.2) is 20.0 Å². The summed E-state index contributed by atoms with van der Waals surface area (Å²) in [6.07, 6.45) is 4.04. The van der Waals surface area contributed by atoms with Crippen molar-refractivity contribution in [2.45, 2.75) is 31.1 Å². The van der Waals surface area contributed by atoms with Gasteiger partial charge in [0.05, 0.1) is 6.61 Å². The molecule has 0 unspecified atom stereocenters. The highest BCUT2D eigenvalue weighted by atomic mass is 127. The van der Waals surface area contributed by atoms with Crippen molar-refractivity contribution in [3.63, 3.8) is 0 Å². The van der Waals surface area contributed by atoms with Gasteiger partial charge in [-0.05, 0) is 47.2 Å². The first-order valence-corrected chi connectivity index (χ1v) is 9.07. The summed E-state index contributed by atoms with van der Waals surface area (Å²) >= 11 is 2.00. The number of benzene rings is 1. The fourth-order valence-electron chi connectivity index (χ4n) is 1.94. The predicted octanol–water partition coefficient (Wildman–Crippen LogP) is 3.87. The molecule has 0 bridgehead atoms. The number of hydrogen-bond donors (Lipinski definition) is 0. The van der Waals surface area contributed by atoms with Crippen molar-refractivity contribution < 1.29 is 17.0 Å². The van der Waals surface area contributed by atoms with Crippen LogP contribution in [-0.2, 0) is 14.3 Å². The zero-order valence-corrected chi connectivity index (χ0v) is 14.4. The summed E-state index contributed by atoms with van der Waals surface area (Å²) in [6, 6.07) is 3.92. The van der Waals surface area contributed by atoms with E-state index in [4.69, 9.17) is 4.18 Å². The molecule has 2 rings (SSSR count). The molecule has 0 spiro atoms. The van der Waals surface area contributed by atoms with Crippen LogP contribution in [0.3, 0.4) is 0 Å². The van der Waals surface area contributed by atoms with E-state index in [1.54, 1.807) is 6.07 Å². The molecule has 0 saturated carbocycles. The minimum absolute atomic E-state index is 0.0358. The van der Waals surface area contributed by atoms with Crippen LogP contribution in [0.15, 0.2) is 29.3 Å². The van der Waals surface area contributed by atoms with Gasteiger partial charge in [0.2, 0.25) is 0 Å². The van der Waals surface area contributed by atoms with Crippen molar-refractivity contribution in [1.29, 1.82) is 0 Å². The first-order valence-electron chi connectivity index (χ1n) is 6.59. The van der Waals surface area contributed by atoms with Gasteiger partial charge in [0.25, 0.3) is 10.1 Å². The second kappa shape index (κ2) is 6.97. The van der Waals surface area contributed by atoms with E-state index in [1.165, 1.54) is 12.3 Å². The van der Waals surface area contributed by atoms with Gasteiger partial charge in [0.1, 0.15) is 16.2 Å². The summed E-state index contributed by atoms with van der Waals surface area (Å²) < 4.78 is 44.0. The Morgan fingerprint density at radius 3 is 2.81 bits per heavy atom. The van der Waals surface area contributed by atoms with E-state index >= 15 is 0 Å². The molecule has 0 atom stereocenters. The molecule has 0 aliphatic rings. The van der Waals surface area contributed by atoms with E-state index in [0.717, 1.165) is 22.5 Å². The number of rotatable bonds is 6. The summed E-state index contributed by atoms with van der Waals surface area (Å²) in [7, 11) is -3.91. The van der Waals surface area contributed by atoms with E-state index in [0.29, 0.717) is 6.42 Å². The number of unbranched alkanes of at least 4 members (excludes halogenated alkanes) is 2. The zero-order chi connectivity index (χ0) is 15.5. The summed E-state index contributed by atoms with van der Waals surface area (Å²) in [5, 5.41) is 0.248. The molecular formula is C14H15FINO3S. The van der Waals surface area contributed by atoms with Gasteiger partial charge >= 0.3 is 0 Å². The van der Waals surface area contributed by atoms with E-state index in [2.05, 4.69) is 4.98 Å². The molecule has 0 aliphatic carbocycles. The molecule has 0 saturated heterocycles. The van der Waals surface area contributed by atoms with Crippen LogP contribution in [0, 0.1) is 9.39 Å². The Morgan fingerprint density at radius 1 is 1.33 bits per heavy atom. The molecule has 0 N–H and O–H groups in total. The van der Waals surface area contributed by atoms with Gasteiger partial charge in [-0.2, -0.15) is 8.42 Å². The Kier molecular flexibility index (Phi) is 5.50. The Hall–Kier alpha value is -0.800. The molecule has 1 aromatic heterocycles. The third kappa shape index (κ3) is 3.89. The molecule has 2 aromatic rings. The average molecular weight is 423 g/mol. The van der Waals surface area contributed by atoms with Crippen LogP contribution in [0.5, 0.6) is 0 Å². The van der Waals surface area contributed by atoms with Gasteiger partial charge in [-0.25, -0.2) is 4.39 Å². The van der Waals surface area contributed by atoms with E-state index in [-0.39, 0.29) is 22.4 Å². The zero-order valence-electron chi connectivity index (χ0n) is 11.5. The lowest BCUT2D eigenvalue weighted by molar-refractivity contribution is 0.308. The standard InChI is InChI=1S/C14H15FINO3S/c1-2-3-4-7-20-21(18,19)13-6-5-12(15)14-11(13)8-10(16)9-17-14/h5-6,8-9H,2-4,7H2,1H3. The molecule has 7 heteroatoms. The van der Waals surface area contributed by atoms with Crippen molar-refractivity contribution in [2.75, 3.05) is 6.61 Å². The second-order valence-corrected chi connectivity index (χ2v) is 7.41. The highest BCUT2D eigenvalue weighted by Gasteiger charge is 2.20. The lowest BCUT2D eigenvalue weighted by atomic mass is 10.2. The SMILES string of the molecule is CCCCCOS(=O)(=O)c1ccc(F)c2ncc(I)cc12. The van der Waals surface area contributed by atoms with E-state index in [9.17, 15) is 12.8 Å². The summed E-state index contributed by atoms with van der Waals surface area (Å²) in [5.74, 6) is -0.550. The maximum Gasteiger partial charge on any atom is 0.297 e. The topological polar surface area (TPSA) is 56.3 Å². The van der Waals surface area contributed by atoms with Crippen molar-refractivity contribution >= 4 is 43.6 Å². The lowest BCUT2D eigenvalue weighted by Gasteiger charge is -2.09. The summed E-state index contributed by atoms with van der Waals surface area (Å²) in [5.41, 5.74) is 0.0358. The average Bonchev–Trinajstić information content (AvgIpc) is 2.43. The van der Waals surface area contributed by atoms with Crippen LogP contribution in [0.2, 0.25) is 0 Å². The van der Waals surface area contributed by atoms with Gasteiger partial charge in [0.15, 0.2) is 0 Å². The Balaban J connectivity index is 2.41. The molecule has 0 radical (unpaired) electrons. The summed E-state index contributed by atoms with van der Waals surface area (Å²) in [4.78, 5) is 3.92. The molecule has 21 heavy (non-hydrogen) atoms. The van der Waals surface area contributed by atoms with Crippen molar-refractivity contribution in [3.05, 3.63) is 33.8 Å². The Bertz CT molecular complexity index is 749. The van der Waals surface area contributed by atoms with Crippen molar-refractivity contribution in [2.24, 2.45) is 0 Å². The fourth-order valence-corrected chi connectivity index (χ4v) is 3.51. The maximum absolute atomic E-state index is 13.7. The number of aromatic nitrogens is 1. The molecule has 0 amide bonds. The molecule has 0 fully saturated rings. The number of pyridine rings is 1. The Morgan fingerprint density at radius 2 is 2.10 bits per heavy atom. The van der Waals surface area contributed by atoms with Crippen molar-refractivity contribution in [1.82, 2.24) is 4.98 Å². The minimum Gasteiger partial charge on any atom is -0.266 e. The van der Waals surface area contributed by atoms with Gasteiger partial charge in [-0.1, -0.05) is 19.8 Å². The largest absolute Gasteiger partial charge is 0.297 e. The lowest BCUT2D eigenvalue weighted by Crippen LogP contribution is -2.09. The van der Waals surface area contributed by atoms with Gasteiger partial charge < -0.3 is 0 Å². The molecule has 0 aliphatic heterocycles. The first kappa shape index (κ1) is 16.6. The smallest absolute Gasteiger partial charge is 0.266 e.